The quantitative estimate of drug-likeness (QED) is 0.920. The Balaban J connectivity index is 3.32. The zero-order chi connectivity index (χ0) is 11.6. The Morgan fingerprint density at radius 1 is 1.53 bits per heavy atom. The van der Waals surface area contributed by atoms with Gasteiger partial charge in [-0.1, -0.05) is 6.07 Å². The Morgan fingerprint density at radius 3 is 2.60 bits per heavy atom. The minimum Gasteiger partial charge on any atom is -0.495 e. The summed E-state index contributed by atoms with van der Waals surface area (Å²) in [4.78, 5) is 10.9. The summed E-state index contributed by atoms with van der Waals surface area (Å²) < 4.78 is 5.98. The third kappa shape index (κ3) is 2.50. The summed E-state index contributed by atoms with van der Waals surface area (Å²) in [5.74, 6) is -0.836. The van der Waals surface area contributed by atoms with Crippen LogP contribution in [-0.4, -0.2) is 18.2 Å². The van der Waals surface area contributed by atoms with Crippen molar-refractivity contribution >= 4 is 21.9 Å². The van der Waals surface area contributed by atoms with E-state index >= 15 is 0 Å². The zero-order valence-corrected chi connectivity index (χ0v) is 10.5. The number of carbonyl (C=O) groups is 1. The van der Waals surface area contributed by atoms with Gasteiger partial charge in [-0.2, -0.15) is 0 Å². The maximum atomic E-state index is 10.9. The van der Waals surface area contributed by atoms with E-state index in [1.54, 1.807) is 6.92 Å². The van der Waals surface area contributed by atoms with Crippen molar-refractivity contribution in [1.29, 1.82) is 0 Å². The van der Waals surface area contributed by atoms with Gasteiger partial charge in [-0.3, -0.25) is 4.79 Å². The van der Waals surface area contributed by atoms with E-state index in [9.17, 15) is 4.79 Å². The van der Waals surface area contributed by atoms with Crippen molar-refractivity contribution in [3.05, 3.63) is 27.7 Å². The first-order valence-electron chi connectivity index (χ1n) is 4.54. The lowest BCUT2D eigenvalue weighted by atomic mass is 9.98. The molecule has 3 nitrogen and oxygen atoms in total. The number of methoxy groups -OCH3 is 1. The van der Waals surface area contributed by atoms with Crippen LogP contribution in [0.1, 0.15) is 24.0 Å². The molecule has 1 atom stereocenters. The second-order valence-electron chi connectivity index (χ2n) is 3.43. The molecule has 0 fully saturated rings. The number of hydrogen-bond acceptors (Lipinski definition) is 2. The Hall–Kier alpha value is -1.03. The molecule has 15 heavy (non-hydrogen) atoms. The Morgan fingerprint density at radius 2 is 2.13 bits per heavy atom. The first-order valence-corrected chi connectivity index (χ1v) is 5.33. The van der Waals surface area contributed by atoms with Crippen molar-refractivity contribution in [3.63, 3.8) is 0 Å². The molecule has 4 heteroatoms. The van der Waals surface area contributed by atoms with Crippen LogP contribution >= 0.6 is 15.9 Å². The summed E-state index contributed by atoms with van der Waals surface area (Å²) >= 11 is 3.36. The van der Waals surface area contributed by atoms with Crippen LogP contribution in [0, 0.1) is 6.92 Å². The maximum Gasteiger partial charge on any atom is 0.310 e. The second kappa shape index (κ2) is 4.66. The summed E-state index contributed by atoms with van der Waals surface area (Å²) in [6, 6.07) is 3.74. The highest BCUT2D eigenvalue weighted by molar-refractivity contribution is 9.10. The fourth-order valence-electron chi connectivity index (χ4n) is 1.43. The molecule has 1 rings (SSSR count). The number of rotatable bonds is 3. The van der Waals surface area contributed by atoms with Crippen LogP contribution in [-0.2, 0) is 4.79 Å². The van der Waals surface area contributed by atoms with E-state index in [0.29, 0.717) is 11.3 Å². The minimum absolute atomic E-state index is 0.573. The van der Waals surface area contributed by atoms with E-state index < -0.39 is 11.9 Å². The molecule has 0 aliphatic carbocycles. The van der Waals surface area contributed by atoms with Crippen molar-refractivity contribution in [2.75, 3.05) is 7.11 Å². The standard InChI is InChI=1S/C11H13BrO3/c1-6-4-8(7(2)11(13)14)10(15-3)9(12)5-6/h4-5,7H,1-3H3,(H,13,14). The van der Waals surface area contributed by atoms with Crippen LogP contribution in [0.2, 0.25) is 0 Å². The maximum absolute atomic E-state index is 10.9. The minimum atomic E-state index is -0.856. The zero-order valence-electron chi connectivity index (χ0n) is 8.87. The van der Waals surface area contributed by atoms with E-state index in [2.05, 4.69) is 15.9 Å². The van der Waals surface area contributed by atoms with E-state index in [1.165, 1.54) is 7.11 Å². The Bertz CT molecular complexity index is 388. The van der Waals surface area contributed by atoms with Crippen molar-refractivity contribution < 1.29 is 14.6 Å². The van der Waals surface area contributed by atoms with E-state index in [4.69, 9.17) is 9.84 Å². The number of ether oxygens (including phenoxy) is 1. The summed E-state index contributed by atoms with van der Waals surface area (Å²) in [6.45, 7) is 3.56. The largest absolute Gasteiger partial charge is 0.495 e. The number of aliphatic carboxylic acids is 1. The molecule has 0 bridgehead atoms. The topological polar surface area (TPSA) is 46.5 Å². The molecule has 0 aliphatic rings. The smallest absolute Gasteiger partial charge is 0.310 e. The fourth-order valence-corrected chi connectivity index (χ4v) is 2.18. The van der Waals surface area contributed by atoms with Gasteiger partial charge < -0.3 is 9.84 Å². The highest BCUT2D eigenvalue weighted by Gasteiger charge is 2.20. The van der Waals surface area contributed by atoms with Crippen molar-refractivity contribution in [2.24, 2.45) is 0 Å². The van der Waals surface area contributed by atoms with Crippen LogP contribution in [0.4, 0.5) is 0 Å². The van der Waals surface area contributed by atoms with Crippen LogP contribution in [0.15, 0.2) is 16.6 Å². The average Bonchev–Trinajstić information content (AvgIpc) is 2.15. The SMILES string of the molecule is COc1c(Br)cc(C)cc1C(C)C(=O)O. The predicted molar refractivity (Wildman–Crippen MR) is 61.5 cm³/mol. The molecule has 0 saturated heterocycles. The van der Waals surface area contributed by atoms with E-state index in [0.717, 1.165) is 10.0 Å². The molecular weight excluding hydrogens is 260 g/mol. The lowest BCUT2D eigenvalue weighted by Gasteiger charge is -2.14. The van der Waals surface area contributed by atoms with E-state index in [1.807, 2.05) is 19.1 Å². The molecule has 0 aliphatic heterocycles. The van der Waals surface area contributed by atoms with E-state index in [-0.39, 0.29) is 0 Å². The number of carboxylic acid groups (broad SMARTS) is 1. The lowest BCUT2D eigenvalue weighted by molar-refractivity contribution is -0.138. The normalized spacial score (nSPS) is 12.3. The molecule has 0 saturated carbocycles. The van der Waals surface area contributed by atoms with Gasteiger partial charge in [0.1, 0.15) is 5.75 Å². The number of hydrogen-bond donors (Lipinski definition) is 1. The average molecular weight is 273 g/mol. The van der Waals surface area contributed by atoms with Crippen LogP contribution in [0.25, 0.3) is 0 Å². The Labute approximate surface area is 97.2 Å². The summed E-state index contributed by atoms with van der Waals surface area (Å²) in [7, 11) is 1.54. The van der Waals surface area contributed by atoms with Gasteiger partial charge in [0.05, 0.1) is 17.5 Å². The van der Waals surface area contributed by atoms with Gasteiger partial charge in [0.2, 0.25) is 0 Å². The fraction of sp³-hybridized carbons (Fsp3) is 0.364. The highest BCUT2D eigenvalue weighted by atomic mass is 79.9. The molecule has 82 valence electrons. The molecule has 0 aromatic heterocycles. The number of aryl methyl sites for hydroxylation is 1. The molecule has 0 spiro atoms. The van der Waals surface area contributed by atoms with Gasteiger partial charge in [0, 0.05) is 5.56 Å². The number of benzene rings is 1. The number of carboxylic acids is 1. The molecule has 0 amide bonds. The Kier molecular flexibility index (Phi) is 3.74. The third-order valence-electron chi connectivity index (χ3n) is 2.26. The van der Waals surface area contributed by atoms with Crippen LogP contribution in [0.5, 0.6) is 5.75 Å². The molecule has 1 unspecified atom stereocenters. The van der Waals surface area contributed by atoms with Gasteiger partial charge in [-0.05, 0) is 41.4 Å². The predicted octanol–water partition coefficient (Wildman–Crippen LogP) is 2.95. The van der Waals surface area contributed by atoms with Crippen molar-refractivity contribution in [1.82, 2.24) is 0 Å². The van der Waals surface area contributed by atoms with Crippen LogP contribution < -0.4 is 4.74 Å². The molecule has 0 heterocycles. The number of halogens is 1. The summed E-state index contributed by atoms with van der Waals surface area (Å²) in [6.07, 6.45) is 0. The van der Waals surface area contributed by atoms with Gasteiger partial charge in [-0.25, -0.2) is 0 Å². The summed E-state index contributed by atoms with van der Waals surface area (Å²) in [5, 5.41) is 8.97. The van der Waals surface area contributed by atoms with Gasteiger partial charge in [0.25, 0.3) is 0 Å². The molecule has 1 N–H and O–H groups in total. The van der Waals surface area contributed by atoms with Crippen molar-refractivity contribution in [3.8, 4) is 5.75 Å². The van der Waals surface area contributed by atoms with Crippen molar-refractivity contribution in [2.45, 2.75) is 19.8 Å². The first kappa shape index (κ1) is 12.0. The van der Waals surface area contributed by atoms with Crippen LogP contribution in [0.3, 0.4) is 0 Å². The van der Waals surface area contributed by atoms with Gasteiger partial charge >= 0.3 is 5.97 Å². The summed E-state index contributed by atoms with van der Waals surface area (Å²) in [5.41, 5.74) is 1.70. The molecule has 1 aromatic carbocycles. The van der Waals surface area contributed by atoms with Gasteiger partial charge in [-0.15, -0.1) is 0 Å². The monoisotopic (exact) mass is 272 g/mol. The third-order valence-corrected chi connectivity index (χ3v) is 2.85. The molecule has 1 aromatic rings. The molecule has 0 radical (unpaired) electrons. The molecular formula is C11H13BrO3. The second-order valence-corrected chi connectivity index (χ2v) is 4.28. The first-order chi connectivity index (χ1) is 6.97. The highest BCUT2D eigenvalue weighted by Crippen LogP contribution is 2.35. The van der Waals surface area contributed by atoms with Gasteiger partial charge in [0.15, 0.2) is 0 Å². The lowest BCUT2D eigenvalue weighted by Crippen LogP contribution is -2.09.